The van der Waals surface area contributed by atoms with E-state index in [2.05, 4.69) is 5.43 Å². The highest BCUT2D eigenvalue weighted by molar-refractivity contribution is 6.00. The number of hydrogen-bond donors (Lipinski definition) is 1. The Bertz CT molecular complexity index is 659. The van der Waals surface area contributed by atoms with Gasteiger partial charge in [0.2, 0.25) is 0 Å². The lowest BCUT2D eigenvalue weighted by molar-refractivity contribution is -0.123. The number of nitrogens with zero attached hydrogens (tertiary/aromatic N) is 1. The van der Waals surface area contributed by atoms with Crippen LogP contribution >= 0.6 is 0 Å². The predicted octanol–water partition coefficient (Wildman–Crippen LogP) is 3.86. The Morgan fingerprint density at radius 3 is 2.52 bits per heavy atom. The van der Waals surface area contributed by atoms with Gasteiger partial charge in [-0.2, -0.15) is 0 Å². The first kappa shape index (κ1) is 19.0. The molecule has 2 rings (SSSR count). The van der Waals surface area contributed by atoms with E-state index in [4.69, 9.17) is 4.74 Å². The largest absolute Gasteiger partial charge is 0.496 e. The highest BCUT2D eigenvalue weighted by Gasteiger charge is 2.31. The first-order chi connectivity index (χ1) is 11.8. The minimum absolute atomic E-state index is 0.194. The van der Waals surface area contributed by atoms with Crippen LogP contribution in [0.15, 0.2) is 35.9 Å². The normalized spacial score (nSPS) is 15.0. The molecule has 2 amide bonds. The van der Waals surface area contributed by atoms with Gasteiger partial charge in [0.15, 0.2) is 0 Å². The number of rotatable bonds is 3. The molecule has 0 unspecified atom stereocenters. The van der Waals surface area contributed by atoms with Crippen LogP contribution in [0.1, 0.15) is 63.2 Å². The van der Waals surface area contributed by atoms with Gasteiger partial charge in [0.25, 0.3) is 11.8 Å². The van der Waals surface area contributed by atoms with Gasteiger partial charge in [-0.1, -0.05) is 24.6 Å². The summed E-state index contributed by atoms with van der Waals surface area (Å²) in [6.07, 6.45) is 6.92. The topological polar surface area (TPSA) is 58.6 Å². The van der Waals surface area contributed by atoms with Crippen molar-refractivity contribution in [1.29, 1.82) is 0 Å². The summed E-state index contributed by atoms with van der Waals surface area (Å²) < 4.78 is 5.30. The summed E-state index contributed by atoms with van der Waals surface area (Å²) in [7, 11) is 1.53. The maximum absolute atomic E-state index is 13.1. The molecule has 0 saturated carbocycles. The first-order valence-corrected chi connectivity index (χ1v) is 8.82. The Hall–Kier alpha value is -2.30. The van der Waals surface area contributed by atoms with Gasteiger partial charge in [0.05, 0.1) is 18.2 Å². The number of nitrogens with one attached hydrogen (secondary N) is 1. The molecule has 5 nitrogen and oxygen atoms in total. The molecule has 1 aromatic rings. The molecule has 1 aliphatic rings. The highest BCUT2D eigenvalue weighted by Crippen LogP contribution is 2.23. The maximum atomic E-state index is 13.1. The molecule has 0 bridgehead atoms. The molecular formula is C20H28N2O3. The van der Waals surface area contributed by atoms with Crippen LogP contribution in [0.2, 0.25) is 0 Å². The van der Waals surface area contributed by atoms with Crippen LogP contribution in [0.5, 0.6) is 5.75 Å². The number of para-hydroxylation sites is 1. The fourth-order valence-corrected chi connectivity index (χ4v) is 2.86. The van der Waals surface area contributed by atoms with E-state index in [1.165, 1.54) is 12.1 Å². The van der Waals surface area contributed by atoms with Crippen LogP contribution in [0.3, 0.4) is 0 Å². The molecule has 0 spiro atoms. The van der Waals surface area contributed by atoms with Crippen LogP contribution in [0.25, 0.3) is 0 Å². The quantitative estimate of drug-likeness (QED) is 0.847. The number of carbonyl (C=O) groups is 2. The van der Waals surface area contributed by atoms with Crippen LogP contribution in [-0.4, -0.2) is 29.5 Å². The van der Waals surface area contributed by atoms with E-state index in [1.54, 1.807) is 18.2 Å². The van der Waals surface area contributed by atoms with Crippen molar-refractivity contribution < 1.29 is 14.3 Å². The number of methoxy groups -OCH3 is 1. The van der Waals surface area contributed by atoms with Gasteiger partial charge in [-0.3, -0.25) is 15.0 Å². The molecule has 0 radical (unpaired) electrons. The molecule has 1 aromatic carbocycles. The van der Waals surface area contributed by atoms with Gasteiger partial charge in [-0.25, -0.2) is 5.01 Å². The molecule has 5 heteroatoms. The Morgan fingerprint density at radius 1 is 1.12 bits per heavy atom. The lowest BCUT2D eigenvalue weighted by atomic mass is 10.1. The van der Waals surface area contributed by atoms with E-state index < -0.39 is 5.54 Å². The summed E-state index contributed by atoms with van der Waals surface area (Å²) in [6, 6.07) is 7.04. The smallest absolute Gasteiger partial charge is 0.276 e. The lowest BCUT2D eigenvalue weighted by Gasteiger charge is -2.36. The zero-order valence-corrected chi connectivity index (χ0v) is 15.6. The minimum Gasteiger partial charge on any atom is -0.496 e. The number of ether oxygens (including phenoxy) is 1. The predicted molar refractivity (Wildman–Crippen MR) is 98.2 cm³/mol. The van der Waals surface area contributed by atoms with Crippen LogP contribution < -0.4 is 10.2 Å². The maximum Gasteiger partial charge on any atom is 0.276 e. The van der Waals surface area contributed by atoms with Crippen molar-refractivity contribution in [3.63, 3.8) is 0 Å². The van der Waals surface area contributed by atoms with E-state index in [0.717, 1.165) is 37.7 Å². The summed E-state index contributed by atoms with van der Waals surface area (Å²) in [6.45, 7) is 5.67. The summed E-state index contributed by atoms with van der Waals surface area (Å²) in [5, 5.41) is 1.40. The van der Waals surface area contributed by atoms with Crippen molar-refractivity contribution in [2.75, 3.05) is 7.11 Å². The number of hydrogen-bond acceptors (Lipinski definition) is 3. The number of allylic oxidation sites excluding steroid dienone is 1. The summed E-state index contributed by atoms with van der Waals surface area (Å²) in [5.74, 6) is 0.0114. The third-order valence-electron chi connectivity index (χ3n) is 4.26. The van der Waals surface area contributed by atoms with Crippen molar-refractivity contribution in [2.45, 2.75) is 58.4 Å². The average Bonchev–Trinajstić information content (AvgIpc) is 2.87. The first-order valence-electron chi connectivity index (χ1n) is 8.82. The molecule has 0 saturated heterocycles. The van der Waals surface area contributed by atoms with E-state index in [1.807, 2.05) is 32.9 Å². The van der Waals surface area contributed by atoms with Crippen LogP contribution in [0, 0.1) is 0 Å². The fourth-order valence-electron chi connectivity index (χ4n) is 2.86. The Kier molecular flexibility index (Phi) is 6.23. The van der Waals surface area contributed by atoms with Gasteiger partial charge >= 0.3 is 0 Å². The van der Waals surface area contributed by atoms with Crippen LogP contribution in [0.4, 0.5) is 0 Å². The van der Waals surface area contributed by atoms with Gasteiger partial charge in [0.1, 0.15) is 5.75 Å². The zero-order valence-electron chi connectivity index (χ0n) is 15.6. The van der Waals surface area contributed by atoms with E-state index in [0.29, 0.717) is 11.3 Å². The molecule has 0 aliphatic heterocycles. The van der Waals surface area contributed by atoms with Gasteiger partial charge < -0.3 is 4.74 Å². The van der Waals surface area contributed by atoms with Crippen molar-refractivity contribution in [3.8, 4) is 5.75 Å². The summed E-state index contributed by atoms with van der Waals surface area (Å²) >= 11 is 0. The second-order valence-electron chi connectivity index (χ2n) is 7.28. The minimum atomic E-state index is -0.571. The molecule has 136 valence electrons. The number of benzene rings is 1. The van der Waals surface area contributed by atoms with Crippen LogP contribution in [-0.2, 0) is 4.79 Å². The Morgan fingerprint density at radius 2 is 1.84 bits per heavy atom. The van der Waals surface area contributed by atoms with E-state index in [-0.39, 0.29) is 11.8 Å². The molecule has 0 fully saturated rings. The summed E-state index contributed by atoms with van der Waals surface area (Å²) in [5.41, 5.74) is 3.44. The fraction of sp³-hybridized carbons (Fsp3) is 0.500. The molecular weight excluding hydrogens is 316 g/mol. The SMILES string of the molecule is COc1ccccc1C(=O)N(NC(=O)C1=CCCCCC1)C(C)(C)C. The average molecular weight is 344 g/mol. The second-order valence-corrected chi connectivity index (χ2v) is 7.28. The number of hydrazine groups is 1. The van der Waals surface area contributed by atoms with Crippen molar-refractivity contribution in [1.82, 2.24) is 10.4 Å². The zero-order chi connectivity index (χ0) is 18.4. The third-order valence-corrected chi connectivity index (χ3v) is 4.26. The van der Waals surface area contributed by atoms with Gasteiger partial charge in [0, 0.05) is 5.57 Å². The summed E-state index contributed by atoms with van der Waals surface area (Å²) in [4.78, 5) is 25.8. The number of amides is 2. The molecule has 0 aromatic heterocycles. The van der Waals surface area contributed by atoms with Gasteiger partial charge in [-0.15, -0.1) is 0 Å². The standard InChI is InChI=1S/C20H28N2O3/c1-20(2,3)22(19(24)16-13-9-10-14-17(16)25-4)21-18(23)15-11-7-5-6-8-12-15/h9-11,13-14H,5-8,12H2,1-4H3,(H,21,23). The molecule has 25 heavy (non-hydrogen) atoms. The van der Waals surface area contributed by atoms with Crippen molar-refractivity contribution in [3.05, 3.63) is 41.5 Å². The Labute approximate surface area is 150 Å². The van der Waals surface area contributed by atoms with Crippen molar-refractivity contribution >= 4 is 11.8 Å². The van der Waals surface area contributed by atoms with Crippen molar-refractivity contribution in [2.24, 2.45) is 0 Å². The molecule has 0 heterocycles. The lowest BCUT2D eigenvalue weighted by Crippen LogP contribution is -2.56. The second kappa shape index (κ2) is 8.19. The highest BCUT2D eigenvalue weighted by atomic mass is 16.5. The van der Waals surface area contributed by atoms with Gasteiger partial charge in [-0.05, 0) is 58.6 Å². The Balaban J connectivity index is 2.26. The molecule has 1 N–H and O–H groups in total. The van der Waals surface area contributed by atoms with E-state index >= 15 is 0 Å². The molecule has 1 aliphatic carbocycles. The van der Waals surface area contributed by atoms with E-state index in [9.17, 15) is 9.59 Å². The third kappa shape index (κ3) is 4.84. The number of carbonyl (C=O) groups excluding carboxylic acids is 2. The molecule has 0 atom stereocenters. The monoisotopic (exact) mass is 344 g/mol.